The molecular weight excluding hydrogens is 209 g/mol. The summed E-state index contributed by atoms with van der Waals surface area (Å²) in [6.45, 7) is -0.254. The molecule has 6 heteroatoms. The smallest absolute Gasteiger partial charge is 0.239 e. The molecule has 0 aliphatic rings. The van der Waals surface area contributed by atoms with Crippen LogP contribution in [-0.2, 0) is 4.79 Å². The summed E-state index contributed by atoms with van der Waals surface area (Å²) in [6, 6.07) is 1.21. The highest BCUT2D eigenvalue weighted by Gasteiger charge is 2.11. The van der Waals surface area contributed by atoms with E-state index in [0.717, 1.165) is 6.07 Å². The lowest BCUT2D eigenvalue weighted by molar-refractivity contribution is -0.118. The van der Waals surface area contributed by atoms with Crippen molar-refractivity contribution >= 4 is 11.6 Å². The van der Waals surface area contributed by atoms with Crippen molar-refractivity contribution in [2.75, 3.05) is 18.9 Å². The zero-order valence-corrected chi connectivity index (χ0v) is 7.90. The fourth-order valence-corrected chi connectivity index (χ4v) is 0.949. The number of carbonyl (C=O) groups excluding carboxylic acids is 1. The molecule has 1 amide bonds. The van der Waals surface area contributed by atoms with Gasteiger partial charge in [-0.3, -0.25) is 4.79 Å². The first-order valence-corrected chi connectivity index (χ1v) is 4.13. The molecule has 0 radical (unpaired) electrons. The normalized spacial score (nSPS) is 9.87. The third-order valence-electron chi connectivity index (χ3n) is 1.71. The summed E-state index contributed by atoms with van der Waals surface area (Å²) in [4.78, 5) is 10.8. The van der Waals surface area contributed by atoms with Crippen LogP contribution in [0.15, 0.2) is 12.1 Å². The van der Waals surface area contributed by atoms with Gasteiger partial charge >= 0.3 is 0 Å². The van der Waals surface area contributed by atoms with E-state index >= 15 is 0 Å². The van der Waals surface area contributed by atoms with Crippen molar-refractivity contribution in [3.63, 3.8) is 0 Å². The molecule has 1 aromatic rings. The number of rotatable bonds is 3. The summed E-state index contributed by atoms with van der Waals surface area (Å²) >= 11 is 0. The van der Waals surface area contributed by atoms with E-state index in [1.165, 1.54) is 7.05 Å². The minimum atomic E-state index is -1.30. The maximum Gasteiger partial charge on any atom is 0.239 e. The molecule has 0 aromatic heterocycles. The number of amides is 1. The summed E-state index contributed by atoms with van der Waals surface area (Å²) in [5.41, 5.74) is -0.379. The molecule has 0 spiro atoms. The lowest BCUT2D eigenvalue weighted by Gasteiger charge is -2.07. The van der Waals surface area contributed by atoms with Crippen LogP contribution in [0.2, 0.25) is 0 Å². The van der Waals surface area contributed by atoms with Crippen LogP contribution < -0.4 is 10.6 Å². The first-order valence-electron chi connectivity index (χ1n) is 4.13. The Hall–Kier alpha value is -1.72. The molecule has 1 rings (SSSR count). The number of nitrogens with one attached hydrogen (secondary N) is 2. The number of benzene rings is 1. The second kappa shape index (κ2) is 4.68. The van der Waals surface area contributed by atoms with Gasteiger partial charge in [0.05, 0.1) is 12.2 Å². The molecule has 0 fully saturated rings. The van der Waals surface area contributed by atoms with Gasteiger partial charge in [0.25, 0.3) is 0 Å². The number of anilines is 1. The van der Waals surface area contributed by atoms with Gasteiger partial charge < -0.3 is 10.6 Å². The van der Waals surface area contributed by atoms with Crippen LogP contribution in [0.1, 0.15) is 0 Å². The largest absolute Gasteiger partial charge is 0.374 e. The highest BCUT2D eigenvalue weighted by atomic mass is 19.2. The summed E-state index contributed by atoms with van der Waals surface area (Å²) in [7, 11) is 1.40. The molecule has 0 unspecified atom stereocenters. The zero-order valence-electron chi connectivity index (χ0n) is 7.90. The quantitative estimate of drug-likeness (QED) is 0.750. The number of hydrogen-bond donors (Lipinski definition) is 2. The number of hydrogen-bond acceptors (Lipinski definition) is 2. The first-order chi connectivity index (χ1) is 7.04. The van der Waals surface area contributed by atoms with Gasteiger partial charge in [0.2, 0.25) is 5.91 Å². The fourth-order valence-electron chi connectivity index (χ4n) is 0.949. The number of carbonyl (C=O) groups is 1. The Bertz CT molecular complexity index is 382. The van der Waals surface area contributed by atoms with Gasteiger partial charge in [-0.15, -0.1) is 0 Å². The predicted molar refractivity (Wildman–Crippen MR) is 48.9 cm³/mol. The molecule has 0 aliphatic carbocycles. The Kier molecular flexibility index (Phi) is 3.54. The van der Waals surface area contributed by atoms with Crippen molar-refractivity contribution in [2.45, 2.75) is 0 Å². The molecule has 0 heterocycles. The van der Waals surface area contributed by atoms with Crippen molar-refractivity contribution in [2.24, 2.45) is 0 Å². The lowest BCUT2D eigenvalue weighted by Crippen LogP contribution is -2.26. The Morgan fingerprint density at radius 2 is 2.00 bits per heavy atom. The average molecular weight is 218 g/mol. The molecule has 0 atom stereocenters. The van der Waals surface area contributed by atoms with Crippen LogP contribution in [0.25, 0.3) is 0 Å². The van der Waals surface area contributed by atoms with E-state index in [2.05, 4.69) is 10.6 Å². The third kappa shape index (κ3) is 2.87. The SMILES string of the molecule is CNC(=O)CNc1cc(F)cc(F)c1F. The van der Waals surface area contributed by atoms with Crippen LogP contribution in [0.3, 0.4) is 0 Å². The predicted octanol–water partition coefficient (Wildman–Crippen LogP) is 1.26. The second-order valence-electron chi connectivity index (χ2n) is 2.78. The van der Waals surface area contributed by atoms with Gasteiger partial charge in [-0.05, 0) is 0 Å². The summed E-state index contributed by atoms with van der Waals surface area (Å²) in [6.07, 6.45) is 0. The fraction of sp³-hybridized carbons (Fsp3) is 0.222. The Labute approximate surface area is 84.3 Å². The molecule has 0 saturated carbocycles. The van der Waals surface area contributed by atoms with Crippen LogP contribution >= 0.6 is 0 Å². The topological polar surface area (TPSA) is 41.1 Å². The van der Waals surface area contributed by atoms with E-state index in [9.17, 15) is 18.0 Å². The van der Waals surface area contributed by atoms with E-state index in [0.29, 0.717) is 6.07 Å². The summed E-state index contributed by atoms with van der Waals surface area (Å²) < 4.78 is 38.4. The van der Waals surface area contributed by atoms with Crippen LogP contribution in [0.5, 0.6) is 0 Å². The van der Waals surface area contributed by atoms with Crippen LogP contribution in [-0.4, -0.2) is 19.5 Å². The molecule has 3 nitrogen and oxygen atoms in total. The monoisotopic (exact) mass is 218 g/mol. The third-order valence-corrected chi connectivity index (χ3v) is 1.71. The van der Waals surface area contributed by atoms with E-state index in [-0.39, 0.29) is 12.2 Å². The maximum absolute atomic E-state index is 13.0. The second-order valence-corrected chi connectivity index (χ2v) is 2.78. The Morgan fingerprint density at radius 1 is 1.33 bits per heavy atom. The molecule has 0 aliphatic heterocycles. The van der Waals surface area contributed by atoms with Crippen LogP contribution in [0, 0.1) is 17.5 Å². The van der Waals surface area contributed by atoms with E-state index in [1.807, 2.05) is 0 Å². The van der Waals surface area contributed by atoms with Crippen LogP contribution in [0.4, 0.5) is 18.9 Å². The number of likely N-dealkylation sites (N-methyl/N-ethyl adjacent to an activating group) is 1. The van der Waals surface area contributed by atoms with Crippen molar-refractivity contribution in [1.29, 1.82) is 0 Å². The average Bonchev–Trinajstić information content (AvgIpc) is 2.20. The van der Waals surface area contributed by atoms with E-state index in [4.69, 9.17) is 0 Å². The van der Waals surface area contributed by atoms with Gasteiger partial charge in [0, 0.05) is 19.2 Å². The molecule has 82 valence electrons. The van der Waals surface area contributed by atoms with Gasteiger partial charge in [0.1, 0.15) is 5.82 Å². The van der Waals surface area contributed by atoms with Crippen molar-refractivity contribution in [1.82, 2.24) is 5.32 Å². The molecular formula is C9H9F3N2O. The van der Waals surface area contributed by atoms with Crippen molar-refractivity contribution in [3.8, 4) is 0 Å². The molecule has 15 heavy (non-hydrogen) atoms. The summed E-state index contributed by atoms with van der Waals surface area (Å²) in [5, 5.41) is 4.55. The van der Waals surface area contributed by atoms with Gasteiger partial charge in [-0.2, -0.15) is 0 Å². The molecule has 0 saturated heterocycles. The van der Waals surface area contributed by atoms with Gasteiger partial charge in [0.15, 0.2) is 11.6 Å². The minimum Gasteiger partial charge on any atom is -0.374 e. The first kappa shape index (κ1) is 11.4. The molecule has 0 bridgehead atoms. The minimum absolute atomic E-state index is 0.254. The summed E-state index contributed by atoms with van der Waals surface area (Å²) in [5.74, 6) is -3.83. The standard InChI is InChI=1S/C9H9F3N2O/c1-13-8(15)4-14-7-3-5(10)2-6(11)9(7)12/h2-3,14H,4H2,1H3,(H,13,15). The Morgan fingerprint density at radius 3 is 2.60 bits per heavy atom. The zero-order chi connectivity index (χ0) is 11.4. The van der Waals surface area contributed by atoms with Gasteiger partial charge in [-0.1, -0.05) is 0 Å². The Balaban J connectivity index is 2.81. The van der Waals surface area contributed by atoms with Crippen molar-refractivity contribution < 1.29 is 18.0 Å². The molecule has 1 aromatic carbocycles. The van der Waals surface area contributed by atoms with E-state index < -0.39 is 23.4 Å². The highest BCUT2D eigenvalue weighted by Crippen LogP contribution is 2.18. The van der Waals surface area contributed by atoms with E-state index in [1.54, 1.807) is 0 Å². The maximum atomic E-state index is 13.0. The number of halogens is 3. The molecule has 2 N–H and O–H groups in total. The van der Waals surface area contributed by atoms with Gasteiger partial charge in [-0.25, -0.2) is 13.2 Å². The van der Waals surface area contributed by atoms with Crippen molar-refractivity contribution in [3.05, 3.63) is 29.6 Å². The highest BCUT2D eigenvalue weighted by molar-refractivity contribution is 5.80. The lowest BCUT2D eigenvalue weighted by atomic mass is 10.3.